The van der Waals surface area contributed by atoms with E-state index in [9.17, 15) is 4.79 Å². The van der Waals surface area contributed by atoms with Crippen LogP contribution in [0.2, 0.25) is 0 Å². The third-order valence-corrected chi connectivity index (χ3v) is 4.71. The van der Waals surface area contributed by atoms with E-state index in [1.165, 1.54) is 6.42 Å². The molecule has 0 radical (unpaired) electrons. The van der Waals surface area contributed by atoms with Crippen molar-refractivity contribution in [2.75, 3.05) is 6.54 Å². The van der Waals surface area contributed by atoms with E-state index in [1.54, 1.807) is 0 Å². The van der Waals surface area contributed by atoms with E-state index in [1.807, 2.05) is 36.9 Å². The predicted molar refractivity (Wildman–Crippen MR) is 93.5 cm³/mol. The number of aryl methyl sites for hydroxylation is 1. The zero-order valence-electron chi connectivity index (χ0n) is 11.9. The Morgan fingerprint density at radius 1 is 1.45 bits per heavy atom. The lowest BCUT2D eigenvalue weighted by Gasteiger charge is -2.38. The van der Waals surface area contributed by atoms with E-state index in [2.05, 4.69) is 22.6 Å². The van der Waals surface area contributed by atoms with Crippen LogP contribution < -0.4 is 5.73 Å². The predicted octanol–water partition coefficient (Wildman–Crippen LogP) is 3.36. The van der Waals surface area contributed by atoms with Crippen LogP contribution in [-0.2, 0) is 0 Å². The molecule has 2 atom stereocenters. The average molecular weight is 409 g/mol. The van der Waals surface area contributed by atoms with Gasteiger partial charge in [0.05, 0.1) is 5.56 Å². The molecule has 0 saturated carbocycles. The van der Waals surface area contributed by atoms with E-state index in [0.717, 1.165) is 34.1 Å². The number of hydrogen-bond acceptors (Lipinski definition) is 2. The molecule has 2 unspecified atom stereocenters. The number of amides is 1. The lowest BCUT2D eigenvalue weighted by atomic mass is 9.96. The molecule has 112 valence electrons. The Bertz CT molecular complexity index is 479. The smallest absolute Gasteiger partial charge is 0.255 e. The summed E-state index contributed by atoms with van der Waals surface area (Å²) < 4.78 is 1.02. The van der Waals surface area contributed by atoms with Gasteiger partial charge in [-0.15, -0.1) is 12.4 Å². The van der Waals surface area contributed by atoms with E-state index in [0.29, 0.717) is 0 Å². The molecule has 1 aliphatic rings. The Morgan fingerprint density at radius 2 is 2.15 bits per heavy atom. The summed E-state index contributed by atoms with van der Waals surface area (Å²) in [5.41, 5.74) is 7.98. The monoisotopic (exact) mass is 408 g/mol. The summed E-state index contributed by atoms with van der Waals surface area (Å²) in [6.45, 7) is 4.85. The minimum Gasteiger partial charge on any atom is -0.334 e. The molecule has 0 bridgehead atoms. The van der Waals surface area contributed by atoms with Crippen LogP contribution in [0.15, 0.2) is 18.2 Å². The van der Waals surface area contributed by atoms with Crippen LogP contribution in [0.25, 0.3) is 0 Å². The van der Waals surface area contributed by atoms with E-state index < -0.39 is 0 Å². The molecule has 0 aliphatic carbocycles. The SMILES string of the molecule is Cc1ccc(I)c(C(=O)N2CCCCC2C(C)N)c1.Cl. The maximum atomic E-state index is 12.8. The fraction of sp³-hybridized carbons (Fsp3) is 0.533. The first kappa shape index (κ1) is 17.7. The fourth-order valence-corrected chi connectivity index (χ4v) is 3.28. The van der Waals surface area contributed by atoms with Crippen LogP contribution >= 0.6 is 35.0 Å². The largest absolute Gasteiger partial charge is 0.334 e. The molecular weight excluding hydrogens is 387 g/mol. The molecule has 1 fully saturated rings. The second-order valence-corrected chi connectivity index (χ2v) is 6.57. The standard InChI is InChI=1S/C15H21IN2O.ClH/c1-10-6-7-13(16)12(9-10)15(19)18-8-4-3-5-14(18)11(2)17;/h6-7,9,11,14H,3-5,8,17H2,1-2H3;1H. The molecule has 0 aromatic heterocycles. The maximum Gasteiger partial charge on any atom is 0.255 e. The molecule has 20 heavy (non-hydrogen) atoms. The first-order valence-corrected chi connectivity index (χ1v) is 7.91. The van der Waals surface area contributed by atoms with Crippen molar-refractivity contribution >= 4 is 40.9 Å². The van der Waals surface area contributed by atoms with Gasteiger partial charge in [0.1, 0.15) is 0 Å². The number of piperidine rings is 1. The van der Waals surface area contributed by atoms with Crippen molar-refractivity contribution in [2.24, 2.45) is 5.73 Å². The summed E-state index contributed by atoms with van der Waals surface area (Å²) >= 11 is 2.23. The summed E-state index contributed by atoms with van der Waals surface area (Å²) in [5.74, 6) is 0.134. The van der Waals surface area contributed by atoms with E-state index in [-0.39, 0.29) is 30.4 Å². The minimum atomic E-state index is 0. The average Bonchev–Trinajstić information content (AvgIpc) is 2.40. The van der Waals surface area contributed by atoms with Crippen LogP contribution in [0.3, 0.4) is 0 Å². The molecule has 1 aromatic rings. The lowest BCUT2D eigenvalue weighted by Crippen LogP contribution is -2.51. The third kappa shape index (κ3) is 3.86. The molecule has 1 amide bonds. The van der Waals surface area contributed by atoms with Crippen LogP contribution in [0.5, 0.6) is 0 Å². The molecule has 5 heteroatoms. The Kier molecular flexibility index (Phi) is 6.75. The summed E-state index contributed by atoms with van der Waals surface area (Å²) in [6, 6.07) is 6.24. The van der Waals surface area contributed by atoms with E-state index in [4.69, 9.17) is 5.73 Å². The normalized spacial score (nSPS) is 20.2. The highest BCUT2D eigenvalue weighted by Gasteiger charge is 2.30. The van der Waals surface area contributed by atoms with Crippen molar-refractivity contribution in [2.45, 2.75) is 45.2 Å². The molecule has 1 saturated heterocycles. The number of hydrogen-bond donors (Lipinski definition) is 1. The van der Waals surface area contributed by atoms with Crippen LogP contribution in [0.4, 0.5) is 0 Å². The van der Waals surface area contributed by atoms with Crippen molar-refractivity contribution in [3.05, 3.63) is 32.9 Å². The Labute approximate surface area is 140 Å². The third-order valence-electron chi connectivity index (χ3n) is 3.77. The van der Waals surface area contributed by atoms with Gasteiger partial charge in [-0.05, 0) is 67.8 Å². The number of carbonyl (C=O) groups excluding carboxylic acids is 1. The second-order valence-electron chi connectivity index (χ2n) is 5.40. The highest BCUT2D eigenvalue weighted by atomic mass is 127. The zero-order chi connectivity index (χ0) is 14.0. The van der Waals surface area contributed by atoms with E-state index >= 15 is 0 Å². The number of nitrogens with zero attached hydrogens (tertiary/aromatic N) is 1. The van der Waals surface area contributed by atoms with Gasteiger partial charge in [0.2, 0.25) is 0 Å². The number of halogens is 2. The number of carbonyl (C=O) groups is 1. The maximum absolute atomic E-state index is 12.8. The van der Waals surface area contributed by atoms with Crippen molar-refractivity contribution in [3.8, 4) is 0 Å². The minimum absolute atomic E-state index is 0. The molecule has 2 rings (SSSR count). The topological polar surface area (TPSA) is 46.3 Å². The molecular formula is C15H22ClIN2O. The van der Waals surface area contributed by atoms with Crippen LogP contribution in [0, 0.1) is 10.5 Å². The van der Waals surface area contributed by atoms with Gasteiger partial charge < -0.3 is 10.6 Å². The van der Waals surface area contributed by atoms with Crippen LogP contribution in [-0.4, -0.2) is 29.4 Å². The fourth-order valence-electron chi connectivity index (χ4n) is 2.71. The van der Waals surface area contributed by atoms with Gasteiger partial charge in [-0.2, -0.15) is 0 Å². The van der Waals surface area contributed by atoms with Crippen LogP contribution in [0.1, 0.15) is 42.1 Å². The summed E-state index contributed by atoms with van der Waals surface area (Å²) in [7, 11) is 0. The van der Waals surface area contributed by atoms with Gasteiger partial charge in [-0.1, -0.05) is 11.6 Å². The summed E-state index contributed by atoms with van der Waals surface area (Å²) in [6.07, 6.45) is 3.27. The van der Waals surface area contributed by atoms with Gasteiger partial charge in [0, 0.05) is 22.2 Å². The molecule has 1 aromatic carbocycles. The van der Waals surface area contributed by atoms with Gasteiger partial charge >= 0.3 is 0 Å². The molecule has 1 heterocycles. The van der Waals surface area contributed by atoms with Gasteiger partial charge in [0.25, 0.3) is 5.91 Å². The highest BCUT2D eigenvalue weighted by Crippen LogP contribution is 2.24. The van der Waals surface area contributed by atoms with Gasteiger partial charge in [0.15, 0.2) is 0 Å². The first-order chi connectivity index (χ1) is 9.00. The number of nitrogens with two attached hydrogens (primary N) is 1. The quantitative estimate of drug-likeness (QED) is 0.763. The molecule has 0 spiro atoms. The molecule has 2 N–H and O–H groups in total. The van der Waals surface area contributed by atoms with Gasteiger partial charge in [-0.3, -0.25) is 4.79 Å². The highest BCUT2D eigenvalue weighted by molar-refractivity contribution is 14.1. The Hall–Kier alpha value is -0.330. The van der Waals surface area contributed by atoms with Crippen molar-refractivity contribution in [3.63, 3.8) is 0 Å². The van der Waals surface area contributed by atoms with Gasteiger partial charge in [-0.25, -0.2) is 0 Å². The number of benzene rings is 1. The van der Waals surface area contributed by atoms with Crippen molar-refractivity contribution in [1.82, 2.24) is 4.90 Å². The zero-order valence-corrected chi connectivity index (χ0v) is 14.9. The lowest BCUT2D eigenvalue weighted by molar-refractivity contribution is 0.0582. The number of likely N-dealkylation sites (tertiary alicyclic amines) is 1. The number of rotatable bonds is 2. The Morgan fingerprint density at radius 3 is 2.80 bits per heavy atom. The summed E-state index contributed by atoms with van der Waals surface area (Å²) in [5, 5.41) is 0. The van der Waals surface area contributed by atoms with Crippen molar-refractivity contribution in [1.29, 1.82) is 0 Å². The van der Waals surface area contributed by atoms with Crippen molar-refractivity contribution < 1.29 is 4.79 Å². The summed E-state index contributed by atoms with van der Waals surface area (Å²) in [4.78, 5) is 14.7. The molecule has 3 nitrogen and oxygen atoms in total. The Balaban J connectivity index is 0.00000200. The first-order valence-electron chi connectivity index (χ1n) is 6.83. The molecule has 1 aliphatic heterocycles. The second kappa shape index (κ2) is 7.61.